The molecule has 0 amide bonds. The summed E-state index contributed by atoms with van der Waals surface area (Å²) in [6.45, 7) is 9.28. The smallest absolute Gasteiger partial charge is 0.167 e. The Morgan fingerprint density at radius 2 is 1.69 bits per heavy atom. The molecule has 80 valence electrons. The Hall–Kier alpha value is -0.120. The van der Waals surface area contributed by atoms with Crippen LogP contribution in [0.25, 0.3) is 0 Å². The van der Waals surface area contributed by atoms with Crippen LogP contribution in [-0.2, 0) is 0 Å². The second kappa shape index (κ2) is 6.35. The summed E-state index contributed by atoms with van der Waals surface area (Å²) < 4.78 is 0. The second-order valence-corrected chi connectivity index (χ2v) is 4.06. The Labute approximate surface area is 81.2 Å². The SMILES string of the molecule is CCC(NCC(C)C(C)C)C(O)O. The first kappa shape index (κ1) is 12.9. The van der Waals surface area contributed by atoms with Crippen molar-refractivity contribution in [2.24, 2.45) is 11.8 Å². The molecule has 0 spiro atoms. The van der Waals surface area contributed by atoms with Gasteiger partial charge in [-0.05, 0) is 24.8 Å². The van der Waals surface area contributed by atoms with Gasteiger partial charge in [0.1, 0.15) is 0 Å². The van der Waals surface area contributed by atoms with Crippen molar-refractivity contribution < 1.29 is 10.2 Å². The number of aliphatic hydroxyl groups excluding tert-OH is 1. The van der Waals surface area contributed by atoms with Crippen molar-refractivity contribution in [2.45, 2.75) is 46.4 Å². The van der Waals surface area contributed by atoms with Crippen molar-refractivity contribution in [1.82, 2.24) is 5.32 Å². The van der Waals surface area contributed by atoms with E-state index < -0.39 is 6.29 Å². The van der Waals surface area contributed by atoms with Crippen LogP contribution in [-0.4, -0.2) is 29.1 Å². The van der Waals surface area contributed by atoms with Crippen LogP contribution in [0.15, 0.2) is 0 Å². The standard InChI is InChI=1S/C10H23NO2/c1-5-9(10(12)13)11-6-8(4)7(2)3/h7-13H,5-6H2,1-4H3. The Bertz CT molecular complexity index is 126. The molecular weight excluding hydrogens is 166 g/mol. The highest BCUT2D eigenvalue weighted by Crippen LogP contribution is 2.08. The Morgan fingerprint density at radius 3 is 2.00 bits per heavy atom. The molecule has 2 atom stereocenters. The lowest BCUT2D eigenvalue weighted by atomic mass is 9.98. The van der Waals surface area contributed by atoms with E-state index >= 15 is 0 Å². The summed E-state index contributed by atoms with van der Waals surface area (Å²) in [7, 11) is 0. The van der Waals surface area contributed by atoms with Gasteiger partial charge in [0.2, 0.25) is 0 Å². The molecule has 0 rings (SSSR count). The highest BCUT2D eigenvalue weighted by atomic mass is 16.5. The molecule has 0 saturated carbocycles. The lowest BCUT2D eigenvalue weighted by Crippen LogP contribution is -2.41. The van der Waals surface area contributed by atoms with Gasteiger partial charge in [-0.2, -0.15) is 0 Å². The maximum Gasteiger partial charge on any atom is 0.167 e. The first-order valence-electron chi connectivity index (χ1n) is 5.08. The molecule has 3 nitrogen and oxygen atoms in total. The molecule has 0 fully saturated rings. The highest BCUT2D eigenvalue weighted by molar-refractivity contribution is 4.69. The van der Waals surface area contributed by atoms with E-state index in [-0.39, 0.29) is 6.04 Å². The third-order valence-corrected chi connectivity index (χ3v) is 2.64. The minimum Gasteiger partial charge on any atom is -0.367 e. The normalized spacial score (nSPS) is 16.6. The maximum atomic E-state index is 8.96. The predicted octanol–water partition coefficient (Wildman–Crippen LogP) is 0.957. The molecule has 0 radical (unpaired) electrons. The van der Waals surface area contributed by atoms with Crippen LogP contribution in [0.3, 0.4) is 0 Å². The summed E-state index contributed by atoms with van der Waals surface area (Å²) in [5, 5.41) is 21.1. The molecule has 0 aromatic rings. The first-order valence-corrected chi connectivity index (χ1v) is 5.08. The molecule has 2 unspecified atom stereocenters. The molecule has 0 aliphatic rings. The average Bonchev–Trinajstić information content (AvgIpc) is 2.04. The Balaban J connectivity index is 3.72. The Kier molecular flexibility index (Phi) is 6.29. The third kappa shape index (κ3) is 5.24. The molecule has 0 saturated heterocycles. The Morgan fingerprint density at radius 1 is 1.15 bits per heavy atom. The first-order chi connectivity index (χ1) is 5.99. The van der Waals surface area contributed by atoms with Gasteiger partial charge in [-0.15, -0.1) is 0 Å². The molecule has 3 heteroatoms. The van der Waals surface area contributed by atoms with E-state index in [0.717, 1.165) is 13.0 Å². The number of hydrogen-bond donors (Lipinski definition) is 3. The second-order valence-electron chi connectivity index (χ2n) is 4.06. The van der Waals surface area contributed by atoms with Crippen LogP contribution in [0.2, 0.25) is 0 Å². The summed E-state index contributed by atoms with van der Waals surface area (Å²) >= 11 is 0. The van der Waals surface area contributed by atoms with Crippen LogP contribution < -0.4 is 5.32 Å². The van der Waals surface area contributed by atoms with Crippen molar-refractivity contribution in [3.05, 3.63) is 0 Å². The predicted molar refractivity (Wildman–Crippen MR) is 54.3 cm³/mol. The molecule has 0 bridgehead atoms. The molecule has 0 aromatic carbocycles. The van der Waals surface area contributed by atoms with Crippen molar-refractivity contribution in [3.8, 4) is 0 Å². The van der Waals surface area contributed by atoms with E-state index in [0.29, 0.717) is 11.8 Å². The van der Waals surface area contributed by atoms with Gasteiger partial charge in [-0.1, -0.05) is 27.7 Å². The van der Waals surface area contributed by atoms with E-state index in [2.05, 4.69) is 26.1 Å². The van der Waals surface area contributed by atoms with Gasteiger partial charge in [-0.25, -0.2) is 0 Å². The van der Waals surface area contributed by atoms with Crippen molar-refractivity contribution in [1.29, 1.82) is 0 Å². The fourth-order valence-electron chi connectivity index (χ4n) is 1.03. The third-order valence-electron chi connectivity index (χ3n) is 2.64. The fourth-order valence-corrected chi connectivity index (χ4v) is 1.03. The van der Waals surface area contributed by atoms with E-state index in [4.69, 9.17) is 10.2 Å². The quantitative estimate of drug-likeness (QED) is 0.545. The van der Waals surface area contributed by atoms with E-state index in [9.17, 15) is 0 Å². The zero-order valence-electron chi connectivity index (χ0n) is 9.12. The van der Waals surface area contributed by atoms with Gasteiger partial charge in [0.25, 0.3) is 0 Å². The highest BCUT2D eigenvalue weighted by Gasteiger charge is 2.15. The van der Waals surface area contributed by atoms with E-state index in [1.165, 1.54) is 0 Å². The van der Waals surface area contributed by atoms with Gasteiger partial charge in [-0.3, -0.25) is 0 Å². The topological polar surface area (TPSA) is 52.5 Å². The van der Waals surface area contributed by atoms with Crippen molar-refractivity contribution >= 4 is 0 Å². The fraction of sp³-hybridized carbons (Fsp3) is 1.00. The van der Waals surface area contributed by atoms with Gasteiger partial charge >= 0.3 is 0 Å². The number of rotatable bonds is 6. The molecule has 0 heterocycles. The van der Waals surface area contributed by atoms with Crippen LogP contribution >= 0.6 is 0 Å². The van der Waals surface area contributed by atoms with Gasteiger partial charge in [0.15, 0.2) is 6.29 Å². The molecule has 13 heavy (non-hydrogen) atoms. The lowest BCUT2D eigenvalue weighted by molar-refractivity contribution is -0.0683. The maximum absolute atomic E-state index is 8.96. The minimum atomic E-state index is -1.25. The molecule has 0 aromatic heterocycles. The van der Waals surface area contributed by atoms with Crippen molar-refractivity contribution in [2.75, 3.05) is 6.54 Å². The van der Waals surface area contributed by atoms with Gasteiger partial charge < -0.3 is 15.5 Å². The van der Waals surface area contributed by atoms with E-state index in [1.807, 2.05) is 6.92 Å². The van der Waals surface area contributed by atoms with E-state index in [1.54, 1.807) is 0 Å². The largest absolute Gasteiger partial charge is 0.367 e. The summed E-state index contributed by atoms with van der Waals surface area (Å²) in [6.07, 6.45) is -0.507. The average molecular weight is 189 g/mol. The molecule has 0 aliphatic heterocycles. The zero-order valence-corrected chi connectivity index (χ0v) is 9.12. The summed E-state index contributed by atoms with van der Waals surface area (Å²) in [6, 6.07) is -0.193. The summed E-state index contributed by atoms with van der Waals surface area (Å²) in [5.74, 6) is 1.19. The molecule has 3 N–H and O–H groups in total. The number of hydrogen-bond acceptors (Lipinski definition) is 3. The van der Waals surface area contributed by atoms with Crippen LogP contribution in [0.5, 0.6) is 0 Å². The molecule has 0 aliphatic carbocycles. The summed E-state index contributed by atoms with van der Waals surface area (Å²) in [5.41, 5.74) is 0. The van der Waals surface area contributed by atoms with Gasteiger partial charge in [0.05, 0.1) is 6.04 Å². The monoisotopic (exact) mass is 189 g/mol. The number of nitrogens with one attached hydrogen (secondary N) is 1. The minimum absolute atomic E-state index is 0.193. The zero-order chi connectivity index (χ0) is 10.4. The van der Waals surface area contributed by atoms with Crippen molar-refractivity contribution in [3.63, 3.8) is 0 Å². The lowest BCUT2D eigenvalue weighted by Gasteiger charge is -2.23. The van der Waals surface area contributed by atoms with Crippen LogP contribution in [0, 0.1) is 11.8 Å². The van der Waals surface area contributed by atoms with Crippen LogP contribution in [0.1, 0.15) is 34.1 Å². The molecular formula is C10H23NO2. The summed E-state index contributed by atoms with van der Waals surface area (Å²) in [4.78, 5) is 0. The van der Waals surface area contributed by atoms with Gasteiger partial charge in [0, 0.05) is 0 Å². The van der Waals surface area contributed by atoms with Crippen LogP contribution in [0.4, 0.5) is 0 Å². The number of aliphatic hydroxyl groups is 2.